The highest BCUT2D eigenvalue weighted by molar-refractivity contribution is 6.30. The Kier molecular flexibility index (Phi) is 14.0. The number of carbonyl (C=O) groups is 4. The first-order valence-electron chi connectivity index (χ1n) is 21.2. The van der Waals surface area contributed by atoms with Gasteiger partial charge in [0.15, 0.2) is 23.1 Å². The summed E-state index contributed by atoms with van der Waals surface area (Å²) in [6.45, 7) is 11.1. The molecule has 2 saturated carbocycles. The summed E-state index contributed by atoms with van der Waals surface area (Å²) in [5, 5.41) is 43.9. The lowest BCUT2D eigenvalue weighted by atomic mass is 9.66. The molecule has 4 unspecified atom stereocenters. The zero-order valence-corrected chi connectivity index (χ0v) is 35.9. The van der Waals surface area contributed by atoms with Crippen molar-refractivity contribution >= 4 is 34.7 Å². The van der Waals surface area contributed by atoms with Gasteiger partial charge in [0.25, 0.3) is 0 Å². The van der Waals surface area contributed by atoms with Gasteiger partial charge in [-0.2, -0.15) is 13.2 Å². The summed E-state index contributed by atoms with van der Waals surface area (Å²) >= 11 is 5.92. The van der Waals surface area contributed by atoms with E-state index < -0.39 is 51.6 Å². The molecule has 4 atom stereocenters. The van der Waals surface area contributed by atoms with Crippen molar-refractivity contribution in [1.29, 1.82) is 0 Å². The third-order valence-electron chi connectivity index (χ3n) is 13.0. The molecule has 2 aromatic rings. The predicted molar refractivity (Wildman–Crippen MR) is 224 cm³/mol. The second-order valence-electron chi connectivity index (χ2n) is 16.5. The van der Waals surface area contributed by atoms with E-state index in [1.165, 1.54) is 12.1 Å². The first-order valence-corrected chi connectivity index (χ1v) is 21.6. The maximum atomic E-state index is 13.6. The molecule has 0 aliphatic heterocycles. The van der Waals surface area contributed by atoms with Crippen molar-refractivity contribution < 1.29 is 52.8 Å². The lowest BCUT2D eigenvalue weighted by Crippen LogP contribution is -2.41. The van der Waals surface area contributed by atoms with Gasteiger partial charge in [0, 0.05) is 28.0 Å². The standard InChI is InChI=1S/C26H31F3O4.C22H25ClO4/c1-4-7-17-21(30)20(24(33)25(12-5-2,13-6-3)23(17)32)22(31)19-14-18(19)15-8-10-16(11-9-15)26(27,28)29;1-4-14-18(24)17(21(27)22(5-2,6-3)20(14)26)19(25)16-11-15(16)12-7-9-13(23)10-8-12/h8-11,18-19,30,32H,4-7,12-14H2,1-3H3;7-10,15-16,24,26H,4-6,11H2,1-3H3. The van der Waals surface area contributed by atoms with Gasteiger partial charge in [0.05, 0.1) is 16.4 Å². The summed E-state index contributed by atoms with van der Waals surface area (Å²) in [4.78, 5) is 53.4. The van der Waals surface area contributed by atoms with Crippen LogP contribution in [0.4, 0.5) is 13.2 Å². The summed E-state index contributed by atoms with van der Waals surface area (Å²) in [6.07, 6.45) is 0.669. The van der Waals surface area contributed by atoms with Gasteiger partial charge in [0.2, 0.25) is 0 Å². The molecule has 4 aliphatic carbocycles. The van der Waals surface area contributed by atoms with Crippen LogP contribution in [0.2, 0.25) is 5.02 Å². The minimum Gasteiger partial charge on any atom is -0.511 e. The number of hydrogen-bond acceptors (Lipinski definition) is 8. The van der Waals surface area contributed by atoms with E-state index in [-0.39, 0.29) is 57.5 Å². The Bertz CT molecular complexity index is 2130. The van der Waals surface area contributed by atoms with E-state index in [0.29, 0.717) is 86.8 Å². The molecule has 4 aliphatic rings. The van der Waals surface area contributed by atoms with Crippen LogP contribution in [-0.2, 0) is 25.4 Å². The zero-order chi connectivity index (χ0) is 44.5. The maximum Gasteiger partial charge on any atom is 0.416 e. The van der Waals surface area contributed by atoms with E-state index in [0.717, 1.165) is 17.7 Å². The van der Waals surface area contributed by atoms with Crippen LogP contribution in [0.15, 0.2) is 93.9 Å². The van der Waals surface area contributed by atoms with E-state index in [1.54, 1.807) is 19.1 Å². The summed E-state index contributed by atoms with van der Waals surface area (Å²) in [5.41, 5.74) is -1.30. The lowest BCUT2D eigenvalue weighted by Gasteiger charge is -2.37. The van der Waals surface area contributed by atoms with E-state index in [9.17, 15) is 52.8 Å². The fourth-order valence-corrected chi connectivity index (χ4v) is 9.47. The molecule has 0 amide bonds. The highest BCUT2D eigenvalue weighted by Crippen LogP contribution is 2.54. The van der Waals surface area contributed by atoms with Gasteiger partial charge in [-0.25, -0.2) is 0 Å². The predicted octanol–water partition coefficient (Wildman–Crippen LogP) is 12.4. The summed E-state index contributed by atoms with van der Waals surface area (Å²) in [5.74, 6) is -3.95. The van der Waals surface area contributed by atoms with Gasteiger partial charge in [0.1, 0.15) is 34.2 Å². The van der Waals surface area contributed by atoms with Gasteiger partial charge in [-0.3, -0.25) is 19.2 Å². The SMILES string of the molecule is CCC1=C(O)C(CC)(CC)C(=O)C(C(=O)C2CC2c2ccc(Cl)cc2)=C1O.CCCC1=C(O)C(CCC)(CCC)C(=O)C(C(=O)C2CC2c2ccc(C(F)(F)F)cc2)=C1O. The molecule has 324 valence electrons. The highest BCUT2D eigenvalue weighted by atomic mass is 35.5. The van der Waals surface area contributed by atoms with E-state index >= 15 is 0 Å². The second kappa shape index (κ2) is 18.1. The molecule has 0 heterocycles. The molecule has 0 saturated heterocycles. The normalized spacial score (nSPS) is 23.4. The number of Topliss-reactive ketones (excluding diaryl/α,β-unsaturated/α-hetero) is 4. The Labute approximate surface area is 354 Å². The van der Waals surface area contributed by atoms with Gasteiger partial charge >= 0.3 is 6.18 Å². The molecule has 2 aromatic carbocycles. The topological polar surface area (TPSA) is 149 Å². The molecule has 0 spiro atoms. The molecular formula is C48H56ClF3O8. The Balaban J connectivity index is 0.000000232. The number of benzene rings is 2. The Morgan fingerprint density at radius 3 is 1.47 bits per heavy atom. The van der Waals surface area contributed by atoms with Gasteiger partial charge < -0.3 is 20.4 Å². The average Bonchev–Trinajstić information content (AvgIpc) is 4.16. The molecule has 60 heavy (non-hydrogen) atoms. The monoisotopic (exact) mass is 852 g/mol. The number of aliphatic hydroxyl groups excluding tert-OH is 4. The largest absolute Gasteiger partial charge is 0.511 e. The van der Waals surface area contributed by atoms with Crippen LogP contribution in [0.25, 0.3) is 0 Å². The smallest absolute Gasteiger partial charge is 0.416 e. The molecule has 2 fully saturated rings. The van der Waals surface area contributed by atoms with E-state index in [4.69, 9.17) is 11.6 Å². The highest BCUT2D eigenvalue weighted by Gasteiger charge is 2.55. The number of hydrogen-bond donors (Lipinski definition) is 4. The van der Waals surface area contributed by atoms with E-state index in [2.05, 4.69) is 0 Å². The van der Waals surface area contributed by atoms with Crippen LogP contribution >= 0.6 is 11.6 Å². The molecule has 4 N–H and O–H groups in total. The Morgan fingerprint density at radius 2 is 1.07 bits per heavy atom. The number of halogens is 4. The molecule has 8 nitrogen and oxygen atoms in total. The minimum absolute atomic E-state index is 0.0325. The van der Waals surface area contributed by atoms with Gasteiger partial charge in [-0.05, 0) is 98.6 Å². The van der Waals surface area contributed by atoms with Crippen molar-refractivity contribution in [2.45, 2.75) is 130 Å². The fourth-order valence-electron chi connectivity index (χ4n) is 9.35. The minimum atomic E-state index is -4.44. The van der Waals surface area contributed by atoms with Crippen molar-refractivity contribution in [1.82, 2.24) is 0 Å². The van der Waals surface area contributed by atoms with Crippen LogP contribution < -0.4 is 0 Å². The maximum absolute atomic E-state index is 13.6. The van der Waals surface area contributed by atoms with Gasteiger partial charge in [-0.1, -0.05) is 96.7 Å². The molecule has 0 aromatic heterocycles. The van der Waals surface area contributed by atoms with Crippen molar-refractivity contribution in [2.75, 3.05) is 0 Å². The third kappa shape index (κ3) is 8.35. The van der Waals surface area contributed by atoms with Crippen LogP contribution in [0.5, 0.6) is 0 Å². The Hall–Kier alpha value is -4.64. The summed E-state index contributed by atoms with van der Waals surface area (Å²) in [6, 6.07) is 12.1. The van der Waals surface area contributed by atoms with Crippen molar-refractivity contribution in [3.63, 3.8) is 0 Å². The number of alkyl halides is 3. The van der Waals surface area contributed by atoms with Crippen molar-refractivity contribution in [2.24, 2.45) is 22.7 Å². The second-order valence-corrected chi connectivity index (χ2v) is 17.0. The first-order chi connectivity index (χ1) is 28.3. The number of aliphatic hydroxyl groups is 4. The quantitative estimate of drug-likeness (QED) is 0.129. The fraction of sp³-hybridized carbons (Fsp3) is 0.500. The zero-order valence-electron chi connectivity index (χ0n) is 35.1. The van der Waals surface area contributed by atoms with Crippen molar-refractivity contribution in [3.05, 3.63) is 116 Å². The van der Waals surface area contributed by atoms with Crippen LogP contribution in [0.3, 0.4) is 0 Å². The molecule has 6 rings (SSSR count). The number of ketones is 4. The Morgan fingerprint density at radius 1 is 0.650 bits per heavy atom. The van der Waals surface area contributed by atoms with Crippen LogP contribution in [-0.4, -0.2) is 43.6 Å². The number of allylic oxidation sites excluding steroid dienone is 6. The number of rotatable bonds is 15. The average molecular weight is 853 g/mol. The molecule has 0 bridgehead atoms. The number of carbonyl (C=O) groups excluding carboxylic acids is 4. The first kappa shape index (κ1) is 46.4. The lowest BCUT2D eigenvalue weighted by molar-refractivity contribution is -0.137. The summed E-state index contributed by atoms with van der Waals surface area (Å²) in [7, 11) is 0. The summed E-state index contributed by atoms with van der Waals surface area (Å²) < 4.78 is 38.5. The van der Waals surface area contributed by atoms with Crippen molar-refractivity contribution in [3.8, 4) is 0 Å². The van der Waals surface area contributed by atoms with Crippen LogP contribution in [0.1, 0.15) is 141 Å². The van der Waals surface area contributed by atoms with E-state index in [1.807, 2.05) is 46.8 Å². The third-order valence-corrected chi connectivity index (χ3v) is 13.2. The molecule has 12 heteroatoms. The van der Waals surface area contributed by atoms with Crippen LogP contribution in [0, 0.1) is 22.7 Å². The van der Waals surface area contributed by atoms with Gasteiger partial charge in [-0.15, -0.1) is 0 Å². The molecule has 0 radical (unpaired) electrons. The molecular weight excluding hydrogens is 797 g/mol.